The van der Waals surface area contributed by atoms with E-state index in [-0.39, 0.29) is 0 Å². The van der Waals surface area contributed by atoms with Crippen molar-refractivity contribution in [2.24, 2.45) is 5.84 Å². The van der Waals surface area contributed by atoms with Gasteiger partial charge in [0.2, 0.25) is 0 Å². The van der Waals surface area contributed by atoms with Crippen molar-refractivity contribution in [3.8, 4) is 0 Å². The van der Waals surface area contributed by atoms with Crippen LogP contribution in [0.3, 0.4) is 0 Å². The number of hydrazine groups is 1. The van der Waals surface area contributed by atoms with Crippen molar-refractivity contribution in [1.29, 1.82) is 0 Å². The molecule has 0 saturated heterocycles. The Labute approximate surface area is 62.0 Å². The summed E-state index contributed by atoms with van der Waals surface area (Å²) in [6, 6.07) is 0. The molecule has 11 heavy (non-hydrogen) atoms. The summed E-state index contributed by atoms with van der Waals surface area (Å²) in [6.45, 7) is 0. The third-order valence-corrected chi connectivity index (χ3v) is 1.33. The number of imidazole rings is 1. The number of nitrogens with two attached hydrogens (primary N) is 1. The van der Waals surface area contributed by atoms with E-state index in [1.54, 1.807) is 16.9 Å². The maximum Gasteiger partial charge on any atom is 0.198 e. The Morgan fingerprint density at radius 2 is 2.36 bits per heavy atom. The topological polar surface area (TPSA) is 81.1 Å². The van der Waals surface area contributed by atoms with Gasteiger partial charge in [-0.05, 0) is 0 Å². The molecule has 0 unspecified atom stereocenters. The maximum atomic E-state index is 5.18. The number of nitrogen functional groups attached to an aromatic ring is 1. The van der Waals surface area contributed by atoms with E-state index in [9.17, 15) is 0 Å². The Balaban J connectivity index is 2.79. The van der Waals surface area contributed by atoms with Crippen molar-refractivity contribution in [1.82, 2.24) is 19.6 Å². The summed E-state index contributed by atoms with van der Waals surface area (Å²) >= 11 is 0. The highest BCUT2D eigenvalue weighted by atomic mass is 15.3. The molecule has 0 saturated carbocycles. The Morgan fingerprint density at radius 3 is 3.18 bits per heavy atom. The zero-order valence-electron chi connectivity index (χ0n) is 5.60. The number of aromatic nitrogens is 4. The fraction of sp³-hybridized carbons (Fsp3) is 0. The molecule has 2 aromatic heterocycles. The molecule has 0 amide bonds. The van der Waals surface area contributed by atoms with Crippen LogP contribution in [0.2, 0.25) is 0 Å². The van der Waals surface area contributed by atoms with Crippen LogP contribution in [0, 0.1) is 0 Å². The molecule has 0 spiro atoms. The van der Waals surface area contributed by atoms with Gasteiger partial charge in [0.05, 0.1) is 0 Å². The smallest absolute Gasteiger partial charge is 0.198 e. The van der Waals surface area contributed by atoms with Crippen LogP contribution in [0.15, 0.2) is 18.7 Å². The van der Waals surface area contributed by atoms with Gasteiger partial charge in [0.15, 0.2) is 11.5 Å². The molecule has 6 heteroatoms. The molecule has 0 aromatic carbocycles. The lowest BCUT2D eigenvalue weighted by Crippen LogP contribution is -2.10. The molecule has 2 rings (SSSR count). The van der Waals surface area contributed by atoms with Crippen LogP contribution in [0.5, 0.6) is 0 Å². The van der Waals surface area contributed by atoms with Gasteiger partial charge in [0, 0.05) is 12.4 Å². The summed E-state index contributed by atoms with van der Waals surface area (Å²) in [5.41, 5.74) is 3.04. The molecular formula is C5H6N6. The molecule has 0 aliphatic rings. The van der Waals surface area contributed by atoms with Gasteiger partial charge < -0.3 is 5.43 Å². The fourth-order valence-corrected chi connectivity index (χ4v) is 0.858. The Bertz CT molecular complexity index is 366. The average Bonchev–Trinajstić information content (AvgIpc) is 2.50. The largest absolute Gasteiger partial charge is 0.305 e. The van der Waals surface area contributed by atoms with E-state index >= 15 is 0 Å². The average molecular weight is 150 g/mol. The predicted molar refractivity (Wildman–Crippen MR) is 38.6 cm³/mol. The first-order valence-corrected chi connectivity index (χ1v) is 3.03. The Kier molecular flexibility index (Phi) is 1.19. The standard InChI is InChI=1S/C5H6N6/c6-10-4-5-7-1-2-11(5)9-3-8-4/h1-3H,6H2,(H,8,9,10). The van der Waals surface area contributed by atoms with Gasteiger partial charge in [-0.3, -0.25) is 0 Å². The van der Waals surface area contributed by atoms with Crippen molar-refractivity contribution >= 4 is 11.5 Å². The highest BCUT2D eigenvalue weighted by molar-refractivity contribution is 5.60. The zero-order chi connectivity index (χ0) is 7.68. The molecule has 6 nitrogen and oxygen atoms in total. The number of rotatable bonds is 1. The minimum atomic E-state index is 0.519. The van der Waals surface area contributed by atoms with Gasteiger partial charge in [0.1, 0.15) is 6.33 Å². The summed E-state index contributed by atoms with van der Waals surface area (Å²) in [7, 11) is 0. The summed E-state index contributed by atoms with van der Waals surface area (Å²) in [5, 5.41) is 3.90. The molecule has 2 aromatic rings. The maximum absolute atomic E-state index is 5.18. The summed E-state index contributed by atoms with van der Waals surface area (Å²) in [4.78, 5) is 7.85. The fourth-order valence-electron chi connectivity index (χ4n) is 0.858. The predicted octanol–water partition coefficient (Wildman–Crippen LogP) is -0.590. The SMILES string of the molecule is NNc1ncnn2ccnc12. The van der Waals surface area contributed by atoms with E-state index in [1.165, 1.54) is 6.33 Å². The van der Waals surface area contributed by atoms with E-state index in [1.807, 2.05) is 0 Å². The van der Waals surface area contributed by atoms with Crippen molar-refractivity contribution in [2.75, 3.05) is 5.43 Å². The molecule has 0 aliphatic carbocycles. The van der Waals surface area contributed by atoms with Crippen LogP contribution in [0.25, 0.3) is 5.65 Å². The number of hydrogen-bond donors (Lipinski definition) is 2. The van der Waals surface area contributed by atoms with Crippen molar-refractivity contribution in [2.45, 2.75) is 0 Å². The molecule has 0 bridgehead atoms. The third kappa shape index (κ3) is 0.802. The van der Waals surface area contributed by atoms with Crippen LogP contribution in [-0.4, -0.2) is 19.6 Å². The summed E-state index contributed by atoms with van der Waals surface area (Å²) < 4.78 is 1.59. The van der Waals surface area contributed by atoms with E-state index in [0.717, 1.165) is 0 Å². The summed E-state index contributed by atoms with van der Waals surface area (Å²) in [5.74, 6) is 5.70. The van der Waals surface area contributed by atoms with Crippen LogP contribution < -0.4 is 11.3 Å². The van der Waals surface area contributed by atoms with Crippen LogP contribution in [0.1, 0.15) is 0 Å². The first-order chi connectivity index (χ1) is 5.42. The monoisotopic (exact) mass is 150 g/mol. The van der Waals surface area contributed by atoms with Gasteiger partial charge in [-0.15, -0.1) is 0 Å². The molecule has 3 N–H and O–H groups in total. The lowest BCUT2D eigenvalue weighted by molar-refractivity contribution is 0.897. The lowest BCUT2D eigenvalue weighted by Gasteiger charge is -1.97. The highest BCUT2D eigenvalue weighted by Gasteiger charge is 2.00. The molecule has 0 fully saturated rings. The molecule has 2 heterocycles. The molecule has 56 valence electrons. The second-order valence-corrected chi connectivity index (χ2v) is 1.95. The second kappa shape index (κ2) is 2.17. The first kappa shape index (κ1) is 6.05. The molecule has 0 radical (unpaired) electrons. The second-order valence-electron chi connectivity index (χ2n) is 1.95. The van der Waals surface area contributed by atoms with Crippen molar-refractivity contribution in [3.63, 3.8) is 0 Å². The van der Waals surface area contributed by atoms with Crippen molar-refractivity contribution in [3.05, 3.63) is 18.7 Å². The van der Waals surface area contributed by atoms with Crippen LogP contribution in [-0.2, 0) is 0 Å². The molecule has 0 atom stereocenters. The minimum absolute atomic E-state index is 0.519. The summed E-state index contributed by atoms with van der Waals surface area (Å²) in [6.07, 6.45) is 4.76. The van der Waals surface area contributed by atoms with E-state index in [4.69, 9.17) is 5.84 Å². The Morgan fingerprint density at radius 1 is 1.45 bits per heavy atom. The van der Waals surface area contributed by atoms with Crippen molar-refractivity contribution < 1.29 is 0 Å². The highest BCUT2D eigenvalue weighted by Crippen LogP contribution is 2.06. The number of anilines is 1. The first-order valence-electron chi connectivity index (χ1n) is 3.03. The van der Waals surface area contributed by atoms with Gasteiger partial charge in [0.25, 0.3) is 0 Å². The van der Waals surface area contributed by atoms with Gasteiger partial charge >= 0.3 is 0 Å². The van der Waals surface area contributed by atoms with Gasteiger partial charge in [-0.25, -0.2) is 20.3 Å². The quantitative estimate of drug-likeness (QED) is 0.419. The van der Waals surface area contributed by atoms with E-state index < -0.39 is 0 Å². The zero-order valence-corrected chi connectivity index (χ0v) is 5.60. The third-order valence-electron chi connectivity index (χ3n) is 1.33. The van der Waals surface area contributed by atoms with Crippen LogP contribution in [0.4, 0.5) is 5.82 Å². The van der Waals surface area contributed by atoms with E-state index in [2.05, 4.69) is 20.5 Å². The number of hydrogen-bond acceptors (Lipinski definition) is 5. The lowest BCUT2D eigenvalue weighted by atomic mass is 10.7. The van der Waals surface area contributed by atoms with E-state index in [0.29, 0.717) is 11.5 Å². The number of nitrogens with zero attached hydrogens (tertiary/aromatic N) is 4. The van der Waals surface area contributed by atoms with Gasteiger partial charge in [-0.1, -0.05) is 0 Å². The molecule has 0 aliphatic heterocycles. The minimum Gasteiger partial charge on any atom is -0.305 e. The molecular weight excluding hydrogens is 144 g/mol. The Hall–Kier alpha value is -1.69. The number of nitrogens with one attached hydrogen (secondary N) is 1. The van der Waals surface area contributed by atoms with Crippen LogP contribution >= 0.6 is 0 Å². The number of fused-ring (bicyclic) bond motifs is 1. The normalized spacial score (nSPS) is 10.3. The van der Waals surface area contributed by atoms with Gasteiger partial charge in [-0.2, -0.15) is 5.10 Å².